The maximum Gasteiger partial charge on any atom is 0.252 e. The number of hydrogen-bond acceptors (Lipinski definition) is 5. The SMILES string of the molecule is O=C(NCC1CC1)c1c(CC(=O)C2CC2)sc2c1C[C@@H](CC(=S)Cc1ccccn1)CC2. The van der Waals surface area contributed by atoms with Crippen molar-refractivity contribution in [3.05, 3.63) is 51.0 Å². The van der Waals surface area contributed by atoms with E-state index in [1.165, 1.54) is 23.3 Å². The van der Waals surface area contributed by atoms with E-state index in [9.17, 15) is 9.59 Å². The molecule has 5 rings (SSSR count). The number of aryl methyl sites for hydroxylation is 1. The normalized spacial score (nSPS) is 19.9. The Morgan fingerprint density at radius 2 is 1.94 bits per heavy atom. The van der Waals surface area contributed by atoms with Crippen LogP contribution in [0.5, 0.6) is 0 Å². The third kappa shape index (κ3) is 5.34. The molecule has 0 unspecified atom stereocenters. The highest BCUT2D eigenvalue weighted by Gasteiger charge is 2.34. The first-order chi connectivity index (χ1) is 15.6. The zero-order valence-electron chi connectivity index (χ0n) is 18.4. The van der Waals surface area contributed by atoms with E-state index >= 15 is 0 Å². The van der Waals surface area contributed by atoms with Crippen molar-refractivity contribution in [2.24, 2.45) is 17.8 Å². The van der Waals surface area contributed by atoms with E-state index in [-0.39, 0.29) is 11.8 Å². The van der Waals surface area contributed by atoms with E-state index in [0.717, 1.165) is 72.5 Å². The summed E-state index contributed by atoms with van der Waals surface area (Å²) in [6, 6.07) is 5.95. The van der Waals surface area contributed by atoms with Crippen LogP contribution in [0.25, 0.3) is 0 Å². The van der Waals surface area contributed by atoms with Crippen LogP contribution in [-0.4, -0.2) is 28.1 Å². The molecule has 1 N–H and O–H groups in total. The lowest BCUT2D eigenvalue weighted by atomic mass is 9.82. The molecule has 3 aliphatic carbocycles. The number of aromatic nitrogens is 1. The van der Waals surface area contributed by atoms with Gasteiger partial charge in [-0.1, -0.05) is 18.3 Å². The maximum atomic E-state index is 13.2. The van der Waals surface area contributed by atoms with Crippen LogP contribution < -0.4 is 5.32 Å². The van der Waals surface area contributed by atoms with Gasteiger partial charge in [0.05, 0.1) is 5.56 Å². The van der Waals surface area contributed by atoms with Crippen molar-refractivity contribution in [1.82, 2.24) is 10.3 Å². The number of Topliss-reactive ketones (excluding diaryl/α,β-unsaturated/α-hetero) is 1. The number of ketones is 1. The third-order valence-corrected chi connectivity index (χ3v) is 8.50. The Labute approximate surface area is 199 Å². The van der Waals surface area contributed by atoms with Crippen molar-refractivity contribution in [3.8, 4) is 0 Å². The van der Waals surface area contributed by atoms with Crippen LogP contribution in [0.15, 0.2) is 24.4 Å². The first-order valence-electron chi connectivity index (χ1n) is 11.9. The molecule has 32 heavy (non-hydrogen) atoms. The van der Waals surface area contributed by atoms with E-state index in [0.29, 0.717) is 24.0 Å². The van der Waals surface area contributed by atoms with Gasteiger partial charge in [0.25, 0.3) is 5.91 Å². The summed E-state index contributed by atoms with van der Waals surface area (Å²) in [4.78, 5) is 33.5. The summed E-state index contributed by atoms with van der Waals surface area (Å²) in [6.07, 6.45) is 11.3. The standard InChI is InChI=1S/C26H30N2O2S2/c29-22(18-7-8-18)14-24-25(26(30)28-15-16-4-5-16)21-12-17(6-9-23(21)32-24)11-20(31)13-19-3-1-2-10-27-19/h1-3,10,16-18H,4-9,11-15H2,(H,28,30)/t17-/m1/s1. The molecule has 1 atom stereocenters. The van der Waals surface area contributed by atoms with Crippen molar-refractivity contribution in [2.75, 3.05) is 6.54 Å². The van der Waals surface area contributed by atoms with Crippen LogP contribution in [0, 0.1) is 17.8 Å². The second-order valence-electron chi connectivity index (χ2n) is 9.72. The first kappa shape index (κ1) is 21.9. The Balaban J connectivity index is 1.31. The van der Waals surface area contributed by atoms with E-state index in [2.05, 4.69) is 10.3 Å². The summed E-state index contributed by atoms with van der Waals surface area (Å²) in [6.45, 7) is 0.761. The molecule has 4 nitrogen and oxygen atoms in total. The Morgan fingerprint density at radius 3 is 2.66 bits per heavy atom. The molecular weight excluding hydrogens is 436 g/mol. The van der Waals surface area contributed by atoms with Crippen LogP contribution in [0.4, 0.5) is 0 Å². The molecule has 6 heteroatoms. The number of carbonyl (C=O) groups excluding carboxylic acids is 2. The predicted molar refractivity (Wildman–Crippen MR) is 131 cm³/mol. The summed E-state index contributed by atoms with van der Waals surface area (Å²) in [5, 5.41) is 3.17. The Morgan fingerprint density at radius 1 is 1.09 bits per heavy atom. The molecule has 0 saturated heterocycles. The Hall–Kier alpha value is -1.92. The highest BCUT2D eigenvalue weighted by Crippen LogP contribution is 2.40. The summed E-state index contributed by atoms with van der Waals surface area (Å²) < 4.78 is 0. The van der Waals surface area contributed by atoms with Gasteiger partial charge in [-0.15, -0.1) is 11.3 Å². The fraction of sp³-hybridized carbons (Fsp3) is 0.538. The summed E-state index contributed by atoms with van der Waals surface area (Å²) in [7, 11) is 0. The third-order valence-electron chi connectivity index (χ3n) is 6.90. The zero-order chi connectivity index (χ0) is 22.1. The number of thiophene rings is 1. The molecule has 1 amide bonds. The average Bonchev–Trinajstić information content (AvgIpc) is 3.69. The lowest BCUT2D eigenvalue weighted by molar-refractivity contribution is -0.119. The van der Waals surface area contributed by atoms with Gasteiger partial charge in [0.15, 0.2) is 0 Å². The van der Waals surface area contributed by atoms with Gasteiger partial charge >= 0.3 is 0 Å². The van der Waals surface area contributed by atoms with Crippen molar-refractivity contribution in [3.63, 3.8) is 0 Å². The molecule has 0 aromatic carbocycles. The van der Waals surface area contributed by atoms with E-state index in [1.54, 1.807) is 11.3 Å². The molecule has 168 valence electrons. The van der Waals surface area contributed by atoms with Crippen LogP contribution in [0.3, 0.4) is 0 Å². The van der Waals surface area contributed by atoms with Crippen molar-refractivity contribution in [1.29, 1.82) is 0 Å². The van der Waals surface area contributed by atoms with Crippen molar-refractivity contribution in [2.45, 2.75) is 64.2 Å². The van der Waals surface area contributed by atoms with Crippen LogP contribution in [0.2, 0.25) is 0 Å². The number of fused-ring (bicyclic) bond motifs is 1. The number of amides is 1. The van der Waals surface area contributed by atoms with Gasteiger partial charge in [-0.25, -0.2) is 0 Å². The fourth-order valence-corrected chi connectivity index (χ4v) is 6.47. The molecular formula is C26H30N2O2S2. The maximum absolute atomic E-state index is 13.2. The quantitative estimate of drug-likeness (QED) is 0.506. The lowest BCUT2D eigenvalue weighted by Gasteiger charge is -2.23. The average molecular weight is 467 g/mol. The van der Waals surface area contributed by atoms with Crippen molar-refractivity contribution >= 4 is 40.1 Å². The number of nitrogens with one attached hydrogen (secondary N) is 1. The van der Waals surface area contributed by atoms with Gasteiger partial charge in [-0.2, -0.15) is 0 Å². The molecule has 2 fully saturated rings. The molecule has 2 heterocycles. The topological polar surface area (TPSA) is 59.1 Å². The lowest BCUT2D eigenvalue weighted by Crippen LogP contribution is -2.28. The smallest absolute Gasteiger partial charge is 0.252 e. The number of thiocarbonyl (C=S) groups is 1. The minimum atomic E-state index is 0.0321. The van der Waals surface area contributed by atoms with Gasteiger partial charge in [0.2, 0.25) is 0 Å². The van der Waals surface area contributed by atoms with Crippen LogP contribution in [-0.2, 0) is 30.5 Å². The van der Waals surface area contributed by atoms with Crippen LogP contribution >= 0.6 is 23.6 Å². The summed E-state index contributed by atoms with van der Waals surface area (Å²) in [5.41, 5.74) is 3.03. The van der Waals surface area contributed by atoms with E-state index < -0.39 is 0 Å². The van der Waals surface area contributed by atoms with Gasteiger partial charge < -0.3 is 5.32 Å². The largest absolute Gasteiger partial charge is 0.352 e. The number of hydrogen-bond donors (Lipinski definition) is 1. The highest BCUT2D eigenvalue weighted by atomic mass is 32.1. The number of rotatable bonds is 10. The fourth-order valence-electron chi connectivity index (χ4n) is 4.73. The number of nitrogens with zero attached hydrogens (tertiary/aromatic N) is 1. The van der Waals surface area contributed by atoms with Crippen LogP contribution in [0.1, 0.15) is 69.9 Å². The molecule has 0 radical (unpaired) electrons. The molecule has 2 saturated carbocycles. The summed E-state index contributed by atoms with van der Waals surface area (Å²) in [5.74, 6) is 1.67. The first-order valence-corrected chi connectivity index (χ1v) is 13.1. The molecule has 3 aliphatic rings. The Kier molecular flexibility index (Phi) is 6.51. The Bertz CT molecular complexity index is 1020. The number of carbonyl (C=O) groups is 2. The highest BCUT2D eigenvalue weighted by molar-refractivity contribution is 7.80. The molecule has 0 aliphatic heterocycles. The molecule has 0 bridgehead atoms. The van der Waals surface area contributed by atoms with E-state index in [1.807, 2.05) is 24.4 Å². The molecule has 0 spiro atoms. The van der Waals surface area contributed by atoms with Gasteiger partial charge in [0, 0.05) is 46.9 Å². The minimum absolute atomic E-state index is 0.0321. The summed E-state index contributed by atoms with van der Waals surface area (Å²) >= 11 is 7.43. The second-order valence-corrected chi connectivity index (χ2v) is 11.5. The number of pyridine rings is 1. The van der Waals surface area contributed by atoms with Gasteiger partial charge in [0.1, 0.15) is 5.78 Å². The van der Waals surface area contributed by atoms with Gasteiger partial charge in [-0.05, 0) is 85.8 Å². The van der Waals surface area contributed by atoms with Gasteiger partial charge in [-0.3, -0.25) is 14.6 Å². The minimum Gasteiger partial charge on any atom is -0.352 e. The van der Waals surface area contributed by atoms with E-state index in [4.69, 9.17) is 12.2 Å². The van der Waals surface area contributed by atoms with Crippen molar-refractivity contribution < 1.29 is 9.59 Å². The second kappa shape index (κ2) is 9.52. The molecule has 2 aromatic heterocycles. The monoisotopic (exact) mass is 466 g/mol. The molecule has 2 aromatic rings. The predicted octanol–water partition coefficient (Wildman–Crippen LogP) is 4.91. The zero-order valence-corrected chi connectivity index (χ0v) is 20.0.